The van der Waals surface area contributed by atoms with Gasteiger partial charge in [0.1, 0.15) is 11.5 Å². The van der Waals surface area contributed by atoms with Crippen molar-refractivity contribution >= 4 is 5.82 Å². The van der Waals surface area contributed by atoms with Crippen LogP contribution in [0.2, 0.25) is 0 Å². The summed E-state index contributed by atoms with van der Waals surface area (Å²) in [6, 6.07) is 5.55. The molecule has 0 spiro atoms. The standard InChI is InChI=1S/C10H12N4O/c1-6-5-8(7(2)15-6)9-3-4-10(12-11)14-13-9/h3-5H,11H2,1-2H3,(H,12,14). The number of furan rings is 1. The van der Waals surface area contributed by atoms with Gasteiger partial charge < -0.3 is 9.84 Å². The van der Waals surface area contributed by atoms with E-state index < -0.39 is 0 Å². The van der Waals surface area contributed by atoms with Crippen LogP contribution in [-0.4, -0.2) is 10.2 Å². The lowest BCUT2D eigenvalue weighted by Crippen LogP contribution is -2.08. The molecule has 0 aromatic carbocycles. The minimum atomic E-state index is 0.539. The molecule has 0 aliphatic rings. The molecule has 2 aromatic heterocycles. The number of anilines is 1. The molecule has 5 heteroatoms. The minimum Gasteiger partial charge on any atom is -0.466 e. The first-order chi connectivity index (χ1) is 7.20. The smallest absolute Gasteiger partial charge is 0.162 e. The maximum atomic E-state index is 5.42. The topological polar surface area (TPSA) is 77.0 Å². The number of rotatable bonds is 2. The molecular weight excluding hydrogens is 192 g/mol. The van der Waals surface area contributed by atoms with Crippen LogP contribution in [0.15, 0.2) is 22.6 Å². The summed E-state index contributed by atoms with van der Waals surface area (Å²) >= 11 is 0. The normalized spacial score (nSPS) is 10.3. The molecule has 15 heavy (non-hydrogen) atoms. The highest BCUT2D eigenvalue weighted by atomic mass is 16.3. The number of nitrogens with two attached hydrogens (primary N) is 1. The van der Waals surface area contributed by atoms with Crippen molar-refractivity contribution in [3.8, 4) is 11.3 Å². The van der Waals surface area contributed by atoms with Crippen LogP contribution in [-0.2, 0) is 0 Å². The molecule has 0 bridgehead atoms. The molecule has 78 valence electrons. The Labute approximate surface area is 87.3 Å². The highest BCUT2D eigenvalue weighted by Gasteiger charge is 2.08. The summed E-state index contributed by atoms with van der Waals surface area (Å²) < 4.78 is 5.42. The molecule has 0 aliphatic heterocycles. The molecule has 0 aliphatic carbocycles. The number of nitrogens with one attached hydrogen (secondary N) is 1. The van der Waals surface area contributed by atoms with Gasteiger partial charge in [-0.25, -0.2) is 5.84 Å². The molecule has 0 radical (unpaired) electrons. The first kappa shape index (κ1) is 9.67. The van der Waals surface area contributed by atoms with Gasteiger partial charge in [-0.15, -0.1) is 10.2 Å². The van der Waals surface area contributed by atoms with E-state index in [1.165, 1.54) is 0 Å². The van der Waals surface area contributed by atoms with Crippen LogP contribution in [0.4, 0.5) is 5.82 Å². The van der Waals surface area contributed by atoms with E-state index in [4.69, 9.17) is 10.3 Å². The van der Waals surface area contributed by atoms with Crippen molar-refractivity contribution in [1.29, 1.82) is 0 Å². The second-order valence-electron chi connectivity index (χ2n) is 3.28. The summed E-state index contributed by atoms with van der Waals surface area (Å²) in [5, 5.41) is 7.94. The summed E-state index contributed by atoms with van der Waals surface area (Å²) in [6.45, 7) is 3.80. The molecule has 0 atom stereocenters. The zero-order chi connectivity index (χ0) is 10.8. The van der Waals surface area contributed by atoms with Crippen molar-refractivity contribution in [1.82, 2.24) is 10.2 Å². The zero-order valence-corrected chi connectivity index (χ0v) is 8.61. The van der Waals surface area contributed by atoms with E-state index in [2.05, 4.69) is 15.6 Å². The van der Waals surface area contributed by atoms with Gasteiger partial charge in [0.25, 0.3) is 0 Å². The quantitative estimate of drug-likeness (QED) is 0.574. The molecular formula is C10H12N4O. The number of hydrogen-bond donors (Lipinski definition) is 2. The Hall–Kier alpha value is -1.88. The maximum Gasteiger partial charge on any atom is 0.162 e. The van der Waals surface area contributed by atoms with Gasteiger partial charge in [-0.1, -0.05) is 0 Å². The predicted octanol–water partition coefficient (Wildman–Crippen LogP) is 1.64. The lowest BCUT2D eigenvalue weighted by atomic mass is 10.2. The van der Waals surface area contributed by atoms with E-state index in [-0.39, 0.29) is 0 Å². The summed E-state index contributed by atoms with van der Waals surface area (Å²) in [5.74, 6) is 7.45. The minimum absolute atomic E-state index is 0.539. The summed E-state index contributed by atoms with van der Waals surface area (Å²) in [7, 11) is 0. The van der Waals surface area contributed by atoms with E-state index in [9.17, 15) is 0 Å². The number of hydrazine groups is 1. The highest BCUT2D eigenvalue weighted by Crippen LogP contribution is 2.24. The second-order valence-corrected chi connectivity index (χ2v) is 3.28. The third-order valence-electron chi connectivity index (χ3n) is 2.13. The Bertz CT molecular complexity index is 461. The van der Waals surface area contributed by atoms with Gasteiger partial charge in [0.2, 0.25) is 0 Å². The van der Waals surface area contributed by atoms with Crippen LogP contribution in [0.3, 0.4) is 0 Å². The molecule has 0 unspecified atom stereocenters. The van der Waals surface area contributed by atoms with E-state index in [0.29, 0.717) is 5.82 Å². The fraction of sp³-hybridized carbons (Fsp3) is 0.200. The Kier molecular flexibility index (Phi) is 2.39. The lowest BCUT2D eigenvalue weighted by molar-refractivity contribution is 0.505. The van der Waals surface area contributed by atoms with Gasteiger partial charge in [0, 0.05) is 5.56 Å². The SMILES string of the molecule is Cc1cc(-c2ccc(NN)nn2)c(C)o1. The first-order valence-electron chi connectivity index (χ1n) is 4.58. The Morgan fingerprint density at radius 1 is 1.27 bits per heavy atom. The van der Waals surface area contributed by atoms with E-state index in [0.717, 1.165) is 22.8 Å². The molecule has 2 heterocycles. The van der Waals surface area contributed by atoms with Crippen molar-refractivity contribution in [2.75, 3.05) is 5.43 Å². The van der Waals surface area contributed by atoms with Gasteiger partial charge in [0.15, 0.2) is 5.82 Å². The largest absolute Gasteiger partial charge is 0.466 e. The van der Waals surface area contributed by atoms with Gasteiger partial charge in [-0.05, 0) is 32.0 Å². The van der Waals surface area contributed by atoms with Crippen molar-refractivity contribution in [2.45, 2.75) is 13.8 Å². The van der Waals surface area contributed by atoms with Crippen molar-refractivity contribution in [2.24, 2.45) is 5.84 Å². The maximum absolute atomic E-state index is 5.42. The third kappa shape index (κ3) is 1.82. The van der Waals surface area contributed by atoms with Crippen molar-refractivity contribution in [3.63, 3.8) is 0 Å². The summed E-state index contributed by atoms with van der Waals surface area (Å²) in [4.78, 5) is 0. The molecule has 0 saturated carbocycles. The Morgan fingerprint density at radius 3 is 2.53 bits per heavy atom. The summed E-state index contributed by atoms with van der Waals surface area (Å²) in [6.07, 6.45) is 0. The fourth-order valence-electron chi connectivity index (χ4n) is 1.44. The molecule has 5 nitrogen and oxygen atoms in total. The second kappa shape index (κ2) is 3.70. The number of aromatic nitrogens is 2. The predicted molar refractivity (Wildman–Crippen MR) is 57.0 cm³/mol. The zero-order valence-electron chi connectivity index (χ0n) is 8.61. The monoisotopic (exact) mass is 204 g/mol. The Morgan fingerprint density at radius 2 is 2.07 bits per heavy atom. The number of nitrogen functional groups attached to an aromatic ring is 1. The van der Waals surface area contributed by atoms with Gasteiger partial charge in [0.05, 0.1) is 5.69 Å². The van der Waals surface area contributed by atoms with Crippen molar-refractivity contribution in [3.05, 3.63) is 29.7 Å². The van der Waals surface area contributed by atoms with E-state index >= 15 is 0 Å². The molecule has 0 saturated heterocycles. The van der Waals surface area contributed by atoms with Crippen LogP contribution in [0.25, 0.3) is 11.3 Å². The van der Waals surface area contributed by atoms with E-state index in [1.54, 1.807) is 6.07 Å². The first-order valence-corrected chi connectivity index (χ1v) is 4.58. The van der Waals surface area contributed by atoms with E-state index in [1.807, 2.05) is 26.0 Å². The molecule has 0 fully saturated rings. The summed E-state index contributed by atoms with van der Waals surface area (Å²) in [5.41, 5.74) is 4.17. The van der Waals surface area contributed by atoms with Crippen LogP contribution < -0.4 is 11.3 Å². The number of nitrogens with zero attached hydrogens (tertiary/aromatic N) is 2. The van der Waals surface area contributed by atoms with Crippen LogP contribution in [0.5, 0.6) is 0 Å². The van der Waals surface area contributed by atoms with Crippen molar-refractivity contribution < 1.29 is 4.42 Å². The average Bonchev–Trinajstić information content (AvgIpc) is 2.58. The number of hydrogen-bond acceptors (Lipinski definition) is 5. The van der Waals surface area contributed by atoms with Crippen LogP contribution in [0, 0.1) is 13.8 Å². The molecule has 2 rings (SSSR count). The van der Waals surface area contributed by atoms with Crippen LogP contribution >= 0.6 is 0 Å². The molecule has 2 aromatic rings. The van der Waals surface area contributed by atoms with Crippen LogP contribution in [0.1, 0.15) is 11.5 Å². The molecule has 3 N–H and O–H groups in total. The number of aryl methyl sites for hydroxylation is 2. The van der Waals surface area contributed by atoms with Gasteiger partial charge in [-0.2, -0.15) is 0 Å². The van der Waals surface area contributed by atoms with Gasteiger partial charge >= 0.3 is 0 Å². The molecule has 0 amide bonds. The average molecular weight is 204 g/mol. The lowest BCUT2D eigenvalue weighted by Gasteiger charge is -1.99. The highest BCUT2D eigenvalue weighted by molar-refractivity contribution is 5.62. The van der Waals surface area contributed by atoms with Gasteiger partial charge in [-0.3, -0.25) is 0 Å². The fourth-order valence-corrected chi connectivity index (χ4v) is 1.44. The third-order valence-corrected chi connectivity index (χ3v) is 2.13. The Balaban J connectivity index is 2.41.